The molecule has 0 amide bonds. The van der Waals surface area contributed by atoms with Gasteiger partial charge in [0.1, 0.15) is 43.4 Å². The van der Waals surface area contributed by atoms with Crippen LogP contribution in [0.1, 0.15) is 17.2 Å². The minimum absolute atomic E-state index is 0.143. The number of ether oxygens (including phenoxy) is 1. The zero-order valence-corrected chi connectivity index (χ0v) is 14.0. The lowest BCUT2D eigenvalue weighted by molar-refractivity contribution is 0.127. The third-order valence-electron chi connectivity index (χ3n) is 3.98. The number of aromatic nitrogens is 3. The fourth-order valence-corrected chi connectivity index (χ4v) is 2.82. The normalized spacial score (nSPS) is 17.8. The Bertz CT molecular complexity index is 878. The van der Waals surface area contributed by atoms with Gasteiger partial charge in [-0.15, -0.1) is 10.2 Å². The van der Waals surface area contributed by atoms with Gasteiger partial charge in [-0.05, 0) is 29.8 Å². The molecule has 1 aliphatic rings. The van der Waals surface area contributed by atoms with E-state index >= 15 is 0 Å². The molecule has 3 aromatic rings. The van der Waals surface area contributed by atoms with Crippen molar-refractivity contribution in [2.24, 2.45) is 5.16 Å². The second-order valence-electron chi connectivity index (χ2n) is 5.61. The van der Waals surface area contributed by atoms with Gasteiger partial charge < -0.3 is 14.1 Å². The number of nitrogens with zero attached hydrogens (tertiary/aromatic N) is 4. The fraction of sp³-hybridized carbons (Fsp3) is 0.167. The summed E-state index contributed by atoms with van der Waals surface area (Å²) in [5.74, 6) is 0.792. The summed E-state index contributed by atoms with van der Waals surface area (Å²) in [6.45, 7) is 0.802. The molecule has 2 heterocycles. The lowest BCUT2D eigenvalue weighted by Gasteiger charge is -2.27. The zero-order valence-electron chi connectivity index (χ0n) is 13.2. The van der Waals surface area contributed by atoms with E-state index in [0.29, 0.717) is 18.2 Å². The van der Waals surface area contributed by atoms with E-state index in [0.717, 1.165) is 22.6 Å². The van der Waals surface area contributed by atoms with Gasteiger partial charge in [0, 0.05) is 10.6 Å². The largest absolute Gasteiger partial charge is 0.490 e. The van der Waals surface area contributed by atoms with Crippen LogP contribution in [0.5, 0.6) is 5.75 Å². The van der Waals surface area contributed by atoms with E-state index in [9.17, 15) is 0 Å². The Balaban J connectivity index is 1.61. The van der Waals surface area contributed by atoms with Crippen LogP contribution in [0, 0.1) is 0 Å². The maximum absolute atomic E-state index is 5.90. The van der Waals surface area contributed by atoms with Crippen molar-refractivity contribution in [3.8, 4) is 5.75 Å². The summed E-state index contributed by atoms with van der Waals surface area (Å²) >= 11 is 5.90. The van der Waals surface area contributed by atoms with Crippen LogP contribution in [0.3, 0.4) is 0 Å². The number of para-hydroxylation sites is 1. The summed E-state index contributed by atoms with van der Waals surface area (Å²) in [4.78, 5) is 5.62. The standard InChI is InChI=1S/C18H15ClN4O2/c19-14-7-5-13(6-8-14)9-25-22-18-15-3-1-2-4-17(15)24-10-16(18)23-11-20-21-12-23/h1-8,11-12,16H,9-10H2/b22-18-. The Morgan fingerprint density at radius 1 is 1.12 bits per heavy atom. The second kappa shape index (κ2) is 6.94. The minimum atomic E-state index is -0.143. The first kappa shape index (κ1) is 15.7. The fourth-order valence-electron chi connectivity index (χ4n) is 2.70. The van der Waals surface area contributed by atoms with Gasteiger partial charge in [-0.3, -0.25) is 0 Å². The third kappa shape index (κ3) is 3.34. The predicted octanol–water partition coefficient (Wildman–Crippen LogP) is 3.49. The molecule has 0 aliphatic carbocycles. The molecule has 0 spiro atoms. The molecule has 0 N–H and O–H groups in total. The van der Waals surface area contributed by atoms with Crippen molar-refractivity contribution in [1.82, 2.24) is 14.8 Å². The zero-order chi connectivity index (χ0) is 17.1. The highest BCUT2D eigenvalue weighted by molar-refractivity contribution is 6.30. The second-order valence-corrected chi connectivity index (χ2v) is 6.04. The summed E-state index contributed by atoms with van der Waals surface area (Å²) in [6, 6.07) is 15.1. The van der Waals surface area contributed by atoms with E-state index in [1.807, 2.05) is 53.1 Å². The SMILES string of the molecule is Clc1ccc(CO/N=C2/c3ccccc3OCC2n2cnnc2)cc1. The van der Waals surface area contributed by atoms with Crippen LogP contribution in [-0.4, -0.2) is 27.1 Å². The van der Waals surface area contributed by atoms with Gasteiger partial charge >= 0.3 is 0 Å². The lowest BCUT2D eigenvalue weighted by atomic mass is 10.00. The van der Waals surface area contributed by atoms with E-state index in [1.165, 1.54) is 0 Å². The number of fused-ring (bicyclic) bond motifs is 1. The molecule has 0 bridgehead atoms. The lowest BCUT2D eigenvalue weighted by Crippen LogP contribution is -2.30. The van der Waals surface area contributed by atoms with Crippen LogP contribution in [-0.2, 0) is 11.4 Å². The van der Waals surface area contributed by atoms with Gasteiger partial charge in [0.2, 0.25) is 0 Å². The first-order chi connectivity index (χ1) is 12.3. The van der Waals surface area contributed by atoms with Crippen molar-refractivity contribution in [3.63, 3.8) is 0 Å². The van der Waals surface area contributed by atoms with E-state index < -0.39 is 0 Å². The smallest absolute Gasteiger partial charge is 0.142 e. The number of hydrogen-bond acceptors (Lipinski definition) is 5. The first-order valence-electron chi connectivity index (χ1n) is 7.82. The highest BCUT2D eigenvalue weighted by atomic mass is 35.5. The van der Waals surface area contributed by atoms with Crippen molar-refractivity contribution in [2.45, 2.75) is 12.6 Å². The van der Waals surface area contributed by atoms with Gasteiger partial charge in [-0.2, -0.15) is 0 Å². The molecule has 25 heavy (non-hydrogen) atoms. The molecule has 0 saturated heterocycles. The highest BCUT2D eigenvalue weighted by Gasteiger charge is 2.29. The maximum atomic E-state index is 5.90. The maximum Gasteiger partial charge on any atom is 0.142 e. The summed E-state index contributed by atoms with van der Waals surface area (Å²) in [6.07, 6.45) is 3.30. The third-order valence-corrected chi connectivity index (χ3v) is 4.23. The average Bonchev–Trinajstić information content (AvgIpc) is 3.18. The van der Waals surface area contributed by atoms with Crippen LogP contribution in [0.15, 0.2) is 66.3 Å². The summed E-state index contributed by atoms with van der Waals surface area (Å²) in [5.41, 5.74) is 2.69. The van der Waals surface area contributed by atoms with Crippen molar-refractivity contribution in [2.75, 3.05) is 6.61 Å². The number of hydrogen-bond donors (Lipinski definition) is 0. The summed E-state index contributed by atoms with van der Waals surface area (Å²) in [5, 5.41) is 12.8. The quantitative estimate of drug-likeness (QED) is 0.673. The highest BCUT2D eigenvalue weighted by Crippen LogP contribution is 2.30. The number of benzene rings is 2. The van der Waals surface area contributed by atoms with Crippen LogP contribution in [0.2, 0.25) is 5.02 Å². The molecule has 0 fully saturated rings. The summed E-state index contributed by atoms with van der Waals surface area (Å²) < 4.78 is 7.70. The average molecular weight is 355 g/mol. The van der Waals surface area contributed by atoms with Gasteiger partial charge in [0.15, 0.2) is 0 Å². The number of rotatable bonds is 4. The molecule has 1 unspecified atom stereocenters. The molecule has 126 valence electrons. The Hall–Kier alpha value is -2.86. The van der Waals surface area contributed by atoms with Gasteiger partial charge in [0.05, 0.1) is 0 Å². The van der Waals surface area contributed by atoms with Gasteiger partial charge in [-0.25, -0.2) is 0 Å². The monoisotopic (exact) mass is 354 g/mol. The molecular weight excluding hydrogens is 340 g/mol. The van der Waals surface area contributed by atoms with Crippen molar-refractivity contribution >= 4 is 17.3 Å². The first-order valence-corrected chi connectivity index (χ1v) is 8.19. The Kier molecular flexibility index (Phi) is 4.35. The van der Waals surface area contributed by atoms with E-state index in [2.05, 4.69) is 15.4 Å². The Labute approximate surface area is 149 Å². The topological polar surface area (TPSA) is 61.5 Å². The van der Waals surface area contributed by atoms with E-state index in [1.54, 1.807) is 12.7 Å². The number of halogens is 1. The van der Waals surface area contributed by atoms with Crippen molar-refractivity contribution < 1.29 is 9.57 Å². The Morgan fingerprint density at radius 2 is 1.88 bits per heavy atom. The van der Waals surface area contributed by atoms with Crippen LogP contribution in [0.25, 0.3) is 0 Å². The molecular formula is C18H15ClN4O2. The molecule has 4 rings (SSSR count). The molecule has 2 aromatic carbocycles. The van der Waals surface area contributed by atoms with Gasteiger partial charge in [-0.1, -0.05) is 41.0 Å². The molecule has 6 nitrogen and oxygen atoms in total. The minimum Gasteiger partial charge on any atom is -0.490 e. The predicted molar refractivity (Wildman–Crippen MR) is 93.8 cm³/mol. The summed E-state index contributed by atoms with van der Waals surface area (Å²) in [7, 11) is 0. The van der Waals surface area contributed by atoms with Crippen LogP contribution in [0.4, 0.5) is 0 Å². The van der Waals surface area contributed by atoms with E-state index in [4.69, 9.17) is 21.2 Å². The van der Waals surface area contributed by atoms with Crippen molar-refractivity contribution in [1.29, 1.82) is 0 Å². The van der Waals surface area contributed by atoms with Crippen LogP contribution < -0.4 is 4.74 Å². The van der Waals surface area contributed by atoms with Crippen molar-refractivity contribution in [3.05, 3.63) is 77.3 Å². The molecule has 1 atom stereocenters. The molecule has 7 heteroatoms. The molecule has 1 aliphatic heterocycles. The molecule has 1 aromatic heterocycles. The Morgan fingerprint density at radius 3 is 2.68 bits per heavy atom. The number of oxime groups is 1. The van der Waals surface area contributed by atoms with E-state index in [-0.39, 0.29) is 6.04 Å². The van der Waals surface area contributed by atoms with Crippen LogP contribution >= 0.6 is 11.6 Å². The van der Waals surface area contributed by atoms with Gasteiger partial charge in [0.25, 0.3) is 0 Å². The molecule has 0 saturated carbocycles. The molecule has 0 radical (unpaired) electrons.